The van der Waals surface area contributed by atoms with Gasteiger partial charge in [0.1, 0.15) is 5.82 Å². The highest BCUT2D eigenvalue weighted by Crippen LogP contribution is 2.26. The highest BCUT2D eigenvalue weighted by molar-refractivity contribution is 5.89. The number of halogens is 1. The molecule has 0 spiro atoms. The van der Waals surface area contributed by atoms with Crippen LogP contribution in [-0.4, -0.2) is 47.4 Å². The normalized spacial score (nSPS) is 10.1. The number of aromatic hydroxyl groups is 1. The summed E-state index contributed by atoms with van der Waals surface area (Å²) < 4.78 is 18.0. The molecule has 3 amide bonds. The first-order valence-electron chi connectivity index (χ1n) is 8.03. The summed E-state index contributed by atoms with van der Waals surface area (Å²) in [6, 6.07) is 9.45. The summed E-state index contributed by atoms with van der Waals surface area (Å²) in [5, 5.41) is 23.2. The number of urea groups is 1. The predicted octanol–water partition coefficient (Wildman–Crippen LogP) is 2.84. The average Bonchev–Trinajstić information content (AvgIpc) is 2.63. The van der Waals surface area contributed by atoms with E-state index < -0.39 is 17.9 Å². The molecule has 0 atom stereocenters. The van der Waals surface area contributed by atoms with Crippen molar-refractivity contribution in [1.29, 1.82) is 0 Å². The Morgan fingerprint density at radius 1 is 1.19 bits per heavy atom. The summed E-state index contributed by atoms with van der Waals surface area (Å²) >= 11 is 0. The van der Waals surface area contributed by atoms with Gasteiger partial charge in [-0.3, -0.25) is 0 Å². The lowest BCUT2D eigenvalue weighted by Gasteiger charge is -2.23. The van der Waals surface area contributed by atoms with Crippen LogP contribution in [0.25, 0.3) is 0 Å². The molecule has 0 radical (unpaired) electrons. The molecule has 144 valence electrons. The van der Waals surface area contributed by atoms with Gasteiger partial charge < -0.3 is 30.5 Å². The molecular weight excluding hydrogens is 357 g/mol. The Labute approximate surface area is 155 Å². The fourth-order valence-corrected chi connectivity index (χ4v) is 2.33. The van der Waals surface area contributed by atoms with Gasteiger partial charge in [-0.25, -0.2) is 14.0 Å². The smallest absolute Gasteiger partial charge is 0.404 e. The molecule has 0 saturated carbocycles. The number of ether oxygens (including phenoxy) is 1. The maximum atomic E-state index is 13.0. The first-order valence-corrected chi connectivity index (χ1v) is 8.03. The second kappa shape index (κ2) is 9.27. The van der Waals surface area contributed by atoms with Gasteiger partial charge in [0, 0.05) is 25.3 Å². The van der Waals surface area contributed by atoms with Crippen molar-refractivity contribution in [3.8, 4) is 11.5 Å². The molecule has 0 aliphatic rings. The number of hydrogen-bond donors (Lipinski definition) is 4. The van der Waals surface area contributed by atoms with E-state index in [1.165, 1.54) is 42.3 Å². The number of anilines is 1. The van der Waals surface area contributed by atoms with E-state index in [-0.39, 0.29) is 31.1 Å². The molecule has 0 heterocycles. The van der Waals surface area contributed by atoms with Gasteiger partial charge in [-0.05, 0) is 42.0 Å². The molecule has 2 aromatic carbocycles. The number of benzene rings is 2. The zero-order valence-electron chi connectivity index (χ0n) is 14.6. The summed E-state index contributed by atoms with van der Waals surface area (Å²) in [5.74, 6) is -0.196. The quantitative estimate of drug-likeness (QED) is 0.593. The number of phenolic OH excluding ortho intramolecular Hbond substituents is 1. The van der Waals surface area contributed by atoms with Crippen molar-refractivity contribution < 1.29 is 28.9 Å². The molecule has 0 aliphatic heterocycles. The molecule has 0 saturated heterocycles. The molecule has 0 unspecified atom stereocenters. The number of rotatable bonds is 7. The molecule has 27 heavy (non-hydrogen) atoms. The Balaban J connectivity index is 2.12. The fourth-order valence-electron chi connectivity index (χ4n) is 2.33. The van der Waals surface area contributed by atoms with Crippen molar-refractivity contribution in [3.63, 3.8) is 0 Å². The van der Waals surface area contributed by atoms with Gasteiger partial charge in [-0.2, -0.15) is 0 Å². The fraction of sp³-hybridized carbons (Fsp3) is 0.222. The van der Waals surface area contributed by atoms with Gasteiger partial charge in [0.05, 0.1) is 7.11 Å². The van der Waals surface area contributed by atoms with Crippen LogP contribution >= 0.6 is 0 Å². The van der Waals surface area contributed by atoms with E-state index in [4.69, 9.17) is 9.84 Å². The summed E-state index contributed by atoms with van der Waals surface area (Å²) in [7, 11) is 1.41. The topological polar surface area (TPSA) is 111 Å². The van der Waals surface area contributed by atoms with Gasteiger partial charge in [0.2, 0.25) is 0 Å². The largest absolute Gasteiger partial charge is 0.504 e. The summed E-state index contributed by atoms with van der Waals surface area (Å²) in [4.78, 5) is 24.6. The minimum absolute atomic E-state index is 0.0292. The van der Waals surface area contributed by atoms with Crippen LogP contribution in [0.5, 0.6) is 11.5 Å². The Morgan fingerprint density at radius 3 is 2.52 bits per heavy atom. The number of carboxylic acid groups (broad SMARTS) is 1. The second-order valence-electron chi connectivity index (χ2n) is 5.60. The molecule has 2 aromatic rings. The van der Waals surface area contributed by atoms with Crippen LogP contribution in [0.1, 0.15) is 5.56 Å². The van der Waals surface area contributed by atoms with Crippen LogP contribution in [0, 0.1) is 5.82 Å². The van der Waals surface area contributed by atoms with E-state index in [0.29, 0.717) is 11.3 Å². The molecular formula is C18H20FN3O5. The number of carbonyl (C=O) groups excluding carboxylic acids is 1. The SMILES string of the molecule is COc1cc(CN(CCNC(=O)O)C(=O)Nc2ccc(F)cc2)ccc1O. The number of amides is 3. The number of phenols is 1. The van der Waals surface area contributed by atoms with Crippen molar-refractivity contribution in [2.24, 2.45) is 0 Å². The first-order chi connectivity index (χ1) is 12.9. The van der Waals surface area contributed by atoms with Crippen LogP contribution in [-0.2, 0) is 6.54 Å². The van der Waals surface area contributed by atoms with E-state index in [2.05, 4.69) is 10.6 Å². The van der Waals surface area contributed by atoms with E-state index in [0.717, 1.165) is 0 Å². The number of nitrogens with one attached hydrogen (secondary N) is 2. The zero-order valence-corrected chi connectivity index (χ0v) is 14.6. The van der Waals surface area contributed by atoms with Crippen LogP contribution in [0.3, 0.4) is 0 Å². The van der Waals surface area contributed by atoms with Crippen LogP contribution in [0.2, 0.25) is 0 Å². The van der Waals surface area contributed by atoms with Crippen LogP contribution < -0.4 is 15.4 Å². The molecule has 0 aromatic heterocycles. The van der Waals surface area contributed by atoms with Gasteiger partial charge in [0.25, 0.3) is 0 Å². The maximum absolute atomic E-state index is 13.0. The molecule has 9 heteroatoms. The minimum atomic E-state index is -1.19. The number of nitrogens with zero attached hydrogens (tertiary/aromatic N) is 1. The van der Waals surface area contributed by atoms with E-state index in [1.54, 1.807) is 12.1 Å². The van der Waals surface area contributed by atoms with Crippen molar-refractivity contribution >= 4 is 17.8 Å². The molecule has 0 fully saturated rings. The molecule has 0 bridgehead atoms. The minimum Gasteiger partial charge on any atom is -0.504 e. The van der Waals surface area contributed by atoms with Crippen molar-refractivity contribution in [3.05, 3.63) is 53.8 Å². The number of carbonyl (C=O) groups is 2. The van der Waals surface area contributed by atoms with Gasteiger partial charge in [0.15, 0.2) is 11.5 Å². The standard InChI is InChI=1S/C18H20FN3O5/c1-27-16-10-12(2-7-15(16)23)11-22(9-8-20-18(25)26)17(24)21-14-5-3-13(19)4-6-14/h2-7,10,20,23H,8-9,11H2,1H3,(H,21,24)(H,25,26). The highest BCUT2D eigenvalue weighted by atomic mass is 19.1. The third kappa shape index (κ3) is 6.07. The van der Waals surface area contributed by atoms with E-state index in [1.807, 2.05) is 0 Å². The zero-order chi connectivity index (χ0) is 19.8. The maximum Gasteiger partial charge on any atom is 0.404 e. The lowest BCUT2D eigenvalue weighted by Crippen LogP contribution is -2.40. The van der Waals surface area contributed by atoms with Gasteiger partial charge >= 0.3 is 12.1 Å². The molecule has 4 N–H and O–H groups in total. The third-order valence-electron chi connectivity index (χ3n) is 3.66. The third-order valence-corrected chi connectivity index (χ3v) is 3.66. The van der Waals surface area contributed by atoms with E-state index in [9.17, 15) is 19.1 Å². The van der Waals surface area contributed by atoms with Crippen LogP contribution in [0.4, 0.5) is 19.7 Å². The Hall–Kier alpha value is -3.49. The Bertz CT molecular complexity index is 798. The highest BCUT2D eigenvalue weighted by Gasteiger charge is 2.16. The van der Waals surface area contributed by atoms with Gasteiger partial charge in [-0.15, -0.1) is 0 Å². The second-order valence-corrected chi connectivity index (χ2v) is 5.60. The molecule has 0 aliphatic carbocycles. The Morgan fingerprint density at radius 2 is 1.89 bits per heavy atom. The Kier molecular flexibility index (Phi) is 6.81. The summed E-state index contributed by atoms with van der Waals surface area (Å²) in [5.41, 5.74) is 1.08. The van der Waals surface area contributed by atoms with E-state index >= 15 is 0 Å². The molecule has 8 nitrogen and oxygen atoms in total. The van der Waals surface area contributed by atoms with Crippen molar-refractivity contribution in [2.75, 3.05) is 25.5 Å². The summed E-state index contributed by atoms with van der Waals surface area (Å²) in [6.45, 7) is 0.273. The van der Waals surface area contributed by atoms with Crippen molar-refractivity contribution in [1.82, 2.24) is 10.2 Å². The lowest BCUT2D eigenvalue weighted by molar-refractivity contribution is 0.188. The average molecular weight is 377 g/mol. The van der Waals surface area contributed by atoms with Gasteiger partial charge in [-0.1, -0.05) is 6.07 Å². The number of hydrogen-bond acceptors (Lipinski definition) is 4. The van der Waals surface area contributed by atoms with Crippen molar-refractivity contribution in [2.45, 2.75) is 6.54 Å². The predicted molar refractivity (Wildman–Crippen MR) is 96.5 cm³/mol. The number of methoxy groups -OCH3 is 1. The monoisotopic (exact) mass is 377 g/mol. The first kappa shape index (κ1) is 19.8. The lowest BCUT2D eigenvalue weighted by atomic mass is 10.2. The van der Waals surface area contributed by atoms with Crippen LogP contribution in [0.15, 0.2) is 42.5 Å². The summed E-state index contributed by atoms with van der Waals surface area (Å²) in [6.07, 6.45) is -1.19. The molecule has 2 rings (SSSR count).